The van der Waals surface area contributed by atoms with Crippen molar-refractivity contribution in [2.24, 2.45) is 0 Å². The van der Waals surface area contributed by atoms with Gasteiger partial charge in [0.15, 0.2) is 5.78 Å². The summed E-state index contributed by atoms with van der Waals surface area (Å²) in [5, 5.41) is 0. The van der Waals surface area contributed by atoms with Gasteiger partial charge < -0.3 is 0 Å². The standard InChI is InChI=1S/C10H8BrF3O/c1-5(11)9(15)6-2-3-7(10(13)14)8(12)4-6/h2-5,10H,1H3. The van der Waals surface area contributed by atoms with Gasteiger partial charge in [-0.25, -0.2) is 13.2 Å². The molecule has 5 heteroatoms. The number of alkyl halides is 3. The molecule has 0 saturated heterocycles. The number of hydrogen-bond acceptors (Lipinski definition) is 1. The van der Waals surface area contributed by atoms with Gasteiger partial charge in [0.25, 0.3) is 6.43 Å². The fourth-order valence-electron chi connectivity index (χ4n) is 1.09. The largest absolute Gasteiger partial charge is 0.293 e. The van der Waals surface area contributed by atoms with E-state index < -0.39 is 22.6 Å². The van der Waals surface area contributed by atoms with Crippen molar-refractivity contribution in [3.05, 3.63) is 35.1 Å². The van der Waals surface area contributed by atoms with E-state index in [0.717, 1.165) is 12.1 Å². The maximum atomic E-state index is 13.1. The van der Waals surface area contributed by atoms with Crippen LogP contribution in [0.3, 0.4) is 0 Å². The fraction of sp³-hybridized carbons (Fsp3) is 0.300. The minimum atomic E-state index is -2.87. The molecule has 0 heterocycles. The zero-order valence-electron chi connectivity index (χ0n) is 7.81. The van der Waals surface area contributed by atoms with Gasteiger partial charge >= 0.3 is 0 Å². The monoisotopic (exact) mass is 280 g/mol. The van der Waals surface area contributed by atoms with Crippen molar-refractivity contribution in [3.8, 4) is 0 Å². The Bertz CT molecular complexity index is 377. The summed E-state index contributed by atoms with van der Waals surface area (Å²) in [6.07, 6.45) is -2.87. The molecule has 0 bridgehead atoms. The summed E-state index contributed by atoms with van der Waals surface area (Å²) in [5.41, 5.74) is -0.602. The quantitative estimate of drug-likeness (QED) is 0.609. The molecule has 15 heavy (non-hydrogen) atoms. The van der Waals surface area contributed by atoms with Crippen LogP contribution in [-0.2, 0) is 0 Å². The van der Waals surface area contributed by atoms with E-state index in [9.17, 15) is 18.0 Å². The van der Waals surface area contributed by atoms with Crippen molar-refractivity contribution in [2.75, 3.05) is 0 Å². The highest BCUT2D eigenvalue weighted by Gasteiger charge is 2.17. The maximum absolute atomic E-state index is 13.1. The lowest BCUT2D eigenvalue weighted by Gasteiger charge is -2.05. The first-order valence-corrected chi connectivity index (χ1v) is 5.11. The number of carbonyl (C=O) groups is 1. The minimum Gasteiger partial charge on any atom is -0.293 e. The third-order valence-corrected chi connectivity index (χ3v) is 2.30. The molecule has 1 nitrogen and oxygen atoms in total. The third kappa shape index (κ3) is 2.81. The Morgan fingerprint density at radius 3 is 2.40 bits per heavy atom. The van der Waals surface area contributed by atoms with Crippen LogP contribution in [0.1, 0.15) is 29.3 Å². The van der Waals surface area contributed by atoms with Crippen molar-refractivity contribution in [1.29, 1.82) is 0 Å². The SMILES string of the molecule is CC(Br)C(=O)c1ccc(C(F)F)c(F)c1. The van der Waals surface area contributed by atoms with Crippen LogP contribution in [0, 0.1) is 5.82 Å². The molecule has 1 aromatic carbocycles. The predicted octanol–water partition coefficient (Wildman–Crippen LogP) is 3.73. The first-order valence-electron chi connectivity index (χ1n) is 4.19. The highest BCUT2D eigenvalue weighted by molar-refractivity contribution is 9.10. The van der Waals surface area contributed by atoms with Crippen molar-refractivity contribution >= 4 is 21.7 Å². The zero-order valence-corrected chi connectivity index (χ0v) is 9.39. The molecule has 0 spiro atoms. The highest BCUT2D eigenvalue weighted by atomic mass is 79.9. The predicted molar refractivity (Wildman–Crippen MR) is 54.1 cm³/mol. The van der Waals surface area contributed by atoms with Gasteiger partial charge in [0, 0.05) is 5.56 Å². The molecule has 0 aliphatic carbocycles. The molecular formula is C10H8BrF3O. The lowest BCUT2D eigenvalue weighted by Crippen LogP contribution is -2.10. The van der Waals surface area contributed by atoms with Gasteiger partial charge in [-0.05, 0) is 19.1 Å². The van der Waals surface area contributed by atoms with Gasteiger partial charge in [-0.15, -0.1) is 0 Å². The average Bonchev–Trinajstić information content (AvgIpc) is 2.15. The van der Waals surface area contributed by atoms with E-state index in [1.54, 1.807) is 6.92 Å². The van der Waals surface area contributed by atoms with Gasteiger partial charge in [-0.1, -0.05) is 22.0 Å². The smallest absolute Gasteiger partial charge is 0.266 e. The average molecular weight is 281 g/mol. The fourth-order valence-corrected chi connectivity index (χ4v) is 1.35. The van der Waals surface area contributed by atoms with Gasteiger partial charge in [0.1, 0.15) is 5.82 Å². The van der Waals surface area contributed by atoms with Crippen molar-refractivity contribution in [2.45, 2.75) is 18.2 Å². The summed E-state index contributed by atoms with van der Waals surface area (Å²) < 4.78 is 37.4. The summed E-state index contributed by atoms with van der Waals surface area (Å²) in [4.78, 5) is 10.9. The van der Waals surface area contributed by atoms with E-state index in [4.69, 9.17) is 0 Å². The molecule has 0 aromatic heterocycles. The third-order valence-electron chi connectivity index (χ3n) is 1.88. The van der Waals surface area contributed by atoms with Crippen LogP contribution in [0.4, 0.5) is 13.2 Å². The molecule has 0 aliphatic heterocycles. The number of Topliss-reactive ketones (excluding diaryl/α,β-unsaturated/α-hetero) is 1. The van der Waals surface area contributed by atoms with E-state index >= 15 is 0 Å². The van der Waals surface area contributed by atoms with Crippen molar-refractivity contribution in [1.82, 2.24) is 0 Å². The Balaban J connectivity index is 3.07. The molecule has 0 N–H and O–H groups in total. The number of hydrogen-bond donors (Lipinski definition) is 0. The van der Waals surface area contributed by atoms with Gasteiger partial charge in [-0.2, -0.15) is 0 Å². The van der Waals surface area contributed by atoms with Crippen molar-refractivity contribution in [3.63, 3.8) is 0 Å². The lowest BCUT2D eigenvalue weighted by molar-refractivity contribution is 0.0994. The van der Waals surface area contributed by atoms with Crippen LogP contribution in [0.15, 0.2) is 18.2 Å². The minimum absolute atomic E-state index is 0.0845. The Morgan fingerprint density at radius 1 is 1.40 bits per heavy atom. The second-order valence-corrected chi connectivity index (χ2v) is 4.39. The number of halogens is 4. The van der Waals surface area contributed by atoms with E-state index in [1.165, 1.54) is 6.07 Å². The van der Waals surface area contributed by atoms with Crippen molar-refractivity contribution < 1.29 is 18.0 Å². The van der Waals surface area contributed by atoms with Gasteiger partial charge in [-0.3, -0.25) is 4.79 Å². The summed E-state index contributed by atoms with van der Waals surface area (Å²) in [7, 11) is 0. The molecule has 1 aromatic rings. The first-order chi connectivity index (χ1) is 6.93. The van der Waals surface area contributed by atoms with E-state index in [2.05, 4.69) is 15.9 Å². The van der Waals surface area contributed by atoms with Gasteiger partial charge in [0.05, 0.1) is 10.4 Å². The molecule has 1 atom stereocenters. The van der Waals surface area contributed by atoms with Crippen LogP contribution in [-0.4, -0.2) is 10.6 Å². The number of carbonyl (C=O) groups excluding carboxylic acids is 1. The molecule has 82 valence electrons. The molecule has 0 amide bonds. The maximum Gasteiger partial charge on any atom is 0.266 e. The second kappa shape index (κ2) is 4.79. The number of benzene rings is 1. The van der Waals surface area contributed by atoms with Gasteiger partial charge in [0.2, 0.25) is 0 Å². The zero-order chi connectivity index (χ0) is 11.6. The molecule has 1 rings (SSSR count). The first kappa shape index (κ1) is 12.2. The van der Waals surface area contributed by atoms with Crippen LogP contribution in [0.25, 0.3) is 0 Å². The summed E-state index contributed by atoms with van der Waals surface area (Å²) in [6.45, 7) is 1.58. The van der Waals surface area contributed by atoms with Crippen LogP contribution in [0.5, 0.6) is 0 Å². The van der Waals surface area contributed by atoms with E-state index in [1.807, 2.05) is 0 Å². The van der Waals surface area contributed by atoms with Crippen LogP contribution < -0.4 is 0 Å². The van der Waals surface area contributed by atoms with E-state index in [-0.39, 0.29) is 11.3 Å². The number of rotatable bonds is 3. The number of ketones is 1. The Hall–Kier alpha value is -0.840. The topological polar surface area (TPSA) is 17.1 Å². The van der Waals surface area contributed by atoms with E-state index in [0.29, 0.717) is 0 Å². The highest BCUT2D eigenvalue weighted by Crippen LogP contribution is 2.23. The second-order valence-electron chi connectivity index (χ2n) is 3.02. The molecule has 0 radical (unpaired) electrons. The molecule has 0 saturated carbocycles. The van der Waals surface area contributed by atoms with Crippen LogP contribution >= 0.6 is 15.9 Å². The van der Waals surface area contributed by atoms with Crippen LogP contribution in [0.2, 0.25) is 0 Å². The molecule has 0 fully saturated rings. The molecular weight excluding hydrogens is 273 g/mol. The Labute approximate surface area is 93.4 Å². The Kier molecular flexibility index (Phi) is 3.90. The Morgan fingerprint density at radius 2 is 2.00 bits per heavy atom. The molecule has 0 aliphatic rings. The summed E-state index contributed by atoms with van der Waals surface area (Å²) in [6, 6.07) is 2.97. The summed E-state index contributed by atoms with van der Waals surface area (Å²) >= 11 is 3.03. The normalized spacial score (nSPS) is 12.9. The molecule has 1 unspecified atom stereocenters. The lowest BCUT2D eigenvalue weighted by atomic mass is 10.1. The summed E-state index contributed by atoms with van der Waals surface area (Å²) in [5.74, 6) is -1.39.